The molecule has 0 fully saturated rings. The number of benzene rings is 3. The van der Waals surface area contributed by atoms with Gasteiger partial charge < -0.3 is 20.9 Å². The smallest absolute Gasteiger partial charge is 0.251 e. The van der Waals surface area contributed by atoms with E-state index < -0.39 is 0 Å². The van der Waals surface area contributed by atoms with Crippen LogP contribution in [0.3, 0.4) is 0 Å². The van der Waals surface area contributed by atoms with Gasteiger partial charge in [0.2, 0.25) is 0 Å². The van der Waals surface area contributed by atoms with E-state index in [1.165, 1.54) is 5.56 Å². The number of nitrogens with one attached hydrogen (secondary N) is 2. The lowest BCUT2D eigenvalue weighted by Crippen LogP contribution is -2.24. The second kappa shape index (κ2) is 9.81. The van der Waals surface area contributed by atoms with E-state index in [-0.39, 0.29) is 5.91 Å². The Balaban J connectivity index is 1.63. The molecule has 4 N–H and O–H groups in total. The predicted octanol–water partition coefficient (Wildman–Crippen LogP) is 4.46. The Morgan fingerprint density at radius 3 is 2.44 bits per heavy atom. The van der Waals surface area contributed by atoms with Crippen LogP contribution in [0.1, 0.15) is 27.0 Å². The fraction of sp³-hybridized carbons (Fsp3) is 0.222. The van der Waals surface area contributed by atoms with Crippen molar-refractivity contribution in [2.45, 2.75) is 20.0 Å². The molecule has 4 rings (SSSR count). The number of amides is 1. The van der Waals surface area contributed by atoms with E-state index in [0.29, 0.717) is 18.7 Å². The van der Waals surface area contributed by atoms with Gasteiger partial charge in [0.1, 0.15) is 0 Å². The maximum absolute atomic E-state index is 13.1. The van der Waals surface area contributed by atoms with Gasteiger partial charge in [0.25, 0.3) is 5.91 Å². The largest absolute Gasteiger partial charge is 0.366 e. The van der Waals surface area contributed by atoms with E-state index in [9.17, 15) is 4.79 Å². The Morgan fingerprint density at radius 2 is 1.72 bits per heavy atom. The molecular weight excluding hydrogens is 396 g/mol. The highest BCUT2D eigenvalue weighted by Gasteiger charge is 2.16. The van der Waals surface area contributed by atoms with Crippen molar-refractivity contribution in [3.8, 4) is 11.1 Å². The van der Waals surface area contributed by atoms with Gasteiger partial charge in [0.15, 0.2) is 0 Å². The van der Waals surface area contributed by atoms with E-state index in [2.05, 4.69) is 46.5 Å². The summed E-state index contributed by atoms with van der Waals surface area (Å²) in [4.78, 5) is 18.5. The van der Waals surface area contributed by atoms with Gasteiger partial charge in [-0.15, -0.1) is 0 Å². The lowest BCUT2D eigenvalue weighted by atomic mass is 9.93. The normalized spacial score (nSPS) is 11.2. The number of likely N-dealkylation sites (N-methyl/N-ethyl adjacent to an activating group) is 1. The highest BCUT2D eigenvalue weighted by Crippen LogP contribution is 2.33. The highest BCUT2D eigenvalue weighted by atomic mass is 16.1. The molecule has 0 radical (unpaired) electrons. The van der Waals surface area contributed by atoms with Crippen LogP contribution in [0.2, 0.25) is 0 Å². The molecule has 0 spiro atoms. The third-order valence-corrected chi connectivity index (χ3v) is 5.90. The van der Waals surface area contributed by atoms with Crippen molar-refractivity contribution in [1.29, 1.82) is 0 Å². The van der Waals surface area contributed by atoms with Crippen LogP contribution in [0.5, 0.6) is 0 Å². The molecule has 0 saturated heterocycles. The number of nitrogens with two attached hydrogens (primary N) is 1. The van der Waals surface area contributed by atoms with Crippen LogP contribution in [0.15, 0.2) is 73.1 Å². The molecule has 32 heavy (non-hydrogen) atoms. The van der Waals surface area contributed by atoms with Crippen molar-refractivity contribution < 1.29 is 4.79 Å². The topological polar surface area (TPSA) is 74.2 Å². The van der Waals surface area contributed by atoms with E-state index in [1.807, 2.05) is 55.7 Å². The number of carbonyl (C=O) groups excluding carboxylic acids is 1. The number of aromatic amines is 1. The second-order valence-electron chi connectivity index (χ2n) is 8.27. The second-order valence-corrected chi connectivity index (χ2v) is 8.27. The molecule has 1 amide bonds. The fourth-order valence-electron chi connectivity index (χ4n) is 4.12. The van der Waals surface area contributed by atoms with E-state index in [0.717, 1.165) is 46.1 Å². The fourth-order valence-corrected chi connectivity index (χ4v) is 4.12. The number of aromatic nitrogens is 1. The molecule has 1 aromatic heterocycles. The molecule has 164 valence electrons. The van der Waals surface area contributed by atoms with Crippen LogP contribution in [0, 0.1) is 6.92 Å². The first-order valence-electron chi connectivity index (χ1n) is 11.0. The molecule has 5 heteroatoms. The van der Waals surface area contributed by atoms with E-state index in [4.69, 9.17) is 5.73 Å². The minimum Gasteiger partial charge on any atom is -0.366 e. The molecule has 4 aromatic rings. The number of nitrogens with zero attached hydrogens (tertiary/aromatic N) is 1. The molecule has 0 unspecified atom stereocenters. The average molecular weight is 427 g/mol. The summed E-state index contributed by atoms with van der Waals surface area (Å²) in [6, 6.07) is 20.5. The van der Waals surface area contributed by atoms with Gasteiger partial charge in [0.05, 0.1) is 0 Å². The first-order valence-corrected chi connectivity index (χ1v) is 11.0. The molecule has 0 bridgehead atoms. The van der Waals surface area contributed by atoms with Crippen LogP contribution < -0.4 is 11.1 Å². The Kier molecular flexibility index (Phi) is 6.69. The summed E-state index contributed by atoms with van der Waals surface area (Å²) in [7, 11) is 2.07. The van der Waals surface area contributed by atoms with Gasteiger partial charge in [-0.2, -0.15) is 0 Å². The number of hydrogen-bond acceptors (Lipinski definition) is 3. The van der Waals surface area contributed by atoms with Crippen LogP contribution in [-0.4, -0.2) is 35.9 Å². The lowest BCUT2D eigenvalue weighted by Gasteiger charge is -2.16. The lowest BCUT2D eigenvalue weighted by molar-refractivity contribution is 0.0950. The zero-order valence-electron chi connectivity index (χ0n) is 18.7. The Hall–Kier alpha value is -3.41. The minimum atomic E-state index is -0.0595. The monoisotopic (exact) mass is 426 g/mol. The average Bonchev–Trinajstić information content (AvgIpc) is 3.30. The number of fused-ring (bicyclic) bond motifs is 1. The molecular formula is C27H30N4O. The molecule has 5 nitrogen and oxygen atoms in total. The van der Waals surface area contributed by atoms with Crippen molar-refractivity contribution in [3.05, 3.63) is 95.3 Å². The third kappa shape index (κ3) is 4.74. The summed E-state index contributed by atoms with van der Waals surface area (Å²) in [5, 5.41) is 5.26. The molecule has 1 heterocycles. The van der Waals surface area contributed by atoms with Crippen LogP contribution in [-0.2, 0) is 13.1 Å². The summed E-state index contributed by atoms with van der Waals surface area (Å²) in [6.45, 7) is 4.89. The molecule has 0 aliphatic rings. The summed E-state index contributed by atoms with van der Waals surface area (Å²) in [6.07, 6.45) is 3.98. The van der Waals surface area contributed by atoms with Gasteiger partial charge >= 0.3 is 0 Å². The SMILES string of the molecule is Cc1c(C(=O)NCc2ccccc2)cc(-c2ccc(CN(C)CCN)cc2)c2c[nH]cc12. The number of carbonyl (C=O) groups is 1. The first kappa shape index (κ1) is 21.8. The number of H-pyrrole nitrogens is 1. The van der Waals surface area contributed by atoms with Gasteiger partial charge in [0, 0.05) is 54.9 Å². The van der Waals surface area contributed by atoms with Crippen molar-refractivity contribution in [2.24, 2.45) is 5.73 Å². The molecule has 0 aliphatic heterocycles. The Morgan fingerprint density at radius 1 is 1.00 bits per heavy atom. The maximum atomic E-state index is 13.1. The standard InChI is InChI=1S/C27H30N4O/c1-19-23(27(32)30-15-20-6-4-3-5-7-20)14-24(26-17-29-16-25(19)26)22-10-8-21(9-11-22)18-31(2)13-12-28/h3-11,14,16-17,29H,12-13,15,18,28H2,1-2H3,(H,30,32). The minimum absolute atomic E-state index is 0.0595. The van der Waals surface area contributed by atoms with Crippen LogP contribution >= 0.6 is 0 Å². The number of hydrogen-bond donors (Lipinski definition) is 3. The molecule has 0 aliphatic carbocycles. The zero-order chi connectivity index (χ0) is 22.5. The summed E-state index contributed by atoms with van der Waals surface area (Å²) < 4.78 is 0. The van der Waals surface area contributed by atoms with Crippen LogP contribution in [0.4, 0.5) is 0 Å². The Bertz CT molecular complexity index is 1200. The molecule has 0 atom stereocenters. The highest BCUT2D eigenvalue weighted by molar-refractivity contribution is 6.07. The maximum Gasteiger partial charge on any atom is 0.251 e. The van der Waals surface area contributed by atoms with E-state index >= 15 is 0 Å². The van der Waals surface area contributed by atoms with Gasteiger partial charge in [-0.25, -0.2) is 0 Å². The number of aryl methyl sites for hydroxylation is 1. The van der Waals surface area contributed by atoms with Crippen molar-refractivity contribution in [1.82, 2.24) is 15.2 Å². The molecule has 0 saturated carbocycles. The van der Waals surface area contributed by atoms with Gasteiger partial charge in [-0.1, -0.05) is 54.6 Å². The van der Waals surface area contributed by atoms with Crippen molar-refractivity contribution in [3.63, 3.8) is 0 Å². The number of rotatable bonds is 8. The first-order chi connectivity index (χ1) is 15.6. The predicted molar refractivity (Wildman–Crippen MR) is 131 cm³/mol. The zero-order valence-corrected chi connectivity index (χ0v) is 18.7. The van der Waals surface area contributed by atoms with E-state index in [1.54, 1.807) is 0 Å². The van der Waals surface area contributed by atoms with Crippen molar-refractivity contribution >= 4 is 16.7 Å². The van der Waals surface area contributed by atoms with Gasteiger partial charge in [-0.05, 0) is 47.9 Å². The summed E-state index contributed by atoms with van der Waals surface area (Å²) in [5.41, 5.74) is 11.8. The quantitative estimate of drug-likeness (QED) is 0.389. The summed E-state index contributed by atoms with van der Waals surface area (Å²) >= 11 is 0. The van der Waals surface area contributed by atoms with Crippen molar-refractivity contribution in [2.75, 3.05) is 20.1 Å². The van der Waals surface area contributed by atoms with Gasteiger partial charge in [-0.3, -0.25) is 4.79 Å². The Labute approximate surface area is 189 Å². The third-order valence-electron chi connectivity index (χ3n) is 5.90. The summed E-state index contributed by atoms with van der Waals surface area (Å²) in [5.74, 6) is -0.0595. The molecule has 3 aromatic carbocycles. The van der Waals surface area contributed by atoms with Crippen LogP contribution in [0.25, 0.3) is 21.9 Å².